The molecule has 5 nitrogen and oxygen atoms in total. The lowest BCUT2D eigenvalue weighted by molar-refractivity contribution is -0.117. The molecule has 1 aromatic heterocycles. The Bertz CT molecular complexity index is 576. The van der Waals surface area contributed by atoms with Gasteiger partial charge in [0, 0.05) is 31.0 Å². The van der Waals surface area contributed by atoms with Gasteiger partial charge < -0.3 is 10.6 Å². The van der Waals surface area contributed by atoms with E-state index in [1.54, 1.807) is 6.20 Å². The highest BCUT2D eigenvalue weighted by Crippen LogP contribution is 2.24. The topological polar surface area (TPSA) is 64.2 Å². The summed E-state index contributed by atoms with van der Waals surface area (Å²) in [7, 11) is 0. The van der Waals surface area contributed by atoms with E-state index < -0.39 is 0 Å². The number of nitrogens with two attached hydrogens (primary N) is 1. The number of benzene rings is 1. The van der Waals surface area contributed by atoms with Gasteiger partial charge in [0.2, 0.25) is 5.91 Å². The predicted octanol–water partition coefficient (Wildman–Crippen LogP) is 1.24. The van der Waals surface area contributed by atoms with E-state index in [1.807, 2.05) is 46.1 Å². The number of carbonyl (C=O) groups excluding carboxylic acids is 1. The molecule has 1 aliphatic heterocycles. The summed E-state index contributed by atoms with van der Waals surface area (Å²) in [5.74, 6) is 0.450. The molecule has 0 aliphatic carbocycles. The van der Waals surface area contributed by atoms with Crippen LogP contribution in [0.3, 0.4) is 0 Å². The van der Waals surface area contributed by atoms with E-state index >= 15 is 0 Å². The number of hydrogen-bond acceptors (Lipinski definition) is 3. The molecule has 1 fully saturated rings. The summed E-state index contributed by atoms with van der Waals surface area (Å²) in [6.45, 7) is 2.04. The van der Waals surface area contributed by atoms with Crippen molar-refractivity contribution in [1.82, 2.24) is 9.78 Å². The van der Waals surface area contributed by atoms with E-state index in [1.165, 1.54) is 5.56 Å². The smallest absolute Gasteiger partial charge is 0.227 e. The molecule has 104 valence electrons. The van der Waals surface area contributed by atoms with Crippen LogP contribution in [0, 0.1) is 5.92 Å². The molecule has 1 aliphatic rings. The minimum atomic E-state index is 0.167. The SMILES string of the molecule is NCC1CC(=O)N(c2ccc(Cn3cccn3)cc2)C1. The third-order valence-corrected chi connectivity index (χ3v) is 3.69. The summed E-state index contributed by atoms with van der Waals surface area (Å²) in [4.78, 5) is 13.8. The average molecular weight is 270 g/mol. The van der Waals surface area contributed by atoms with E-state index in [0.29, 0.717) is 13.0 Å². The van der Waals surface area contributed by atoms with Crippen molar-refractivity contribution in [2.45, 2.75) is 13.0 Å². The highest BCUT2D eigenvalue weighted by atomic mass is 16.2. The van der Waals surface area contributed by atoms with Crippen molar-refractivity contribution in [3.63, 3.8) is 0 Å². The van der Waals surface area contributed by atoms with Gasteiger partial charge in [-0.1, -0.05) is 12.1 Å². The molecular weight excluding hydrogens is 252 g/mol. The normalized spacial score (nSPS) is 18.8. The van der Waals surface area contributed by atoms with Crippen LogP contribution in [-0.4, -0.2) is 28.8 Å². The minimum absolute atomic E-state index is 0.167. The number of hydrogen-bond donors (Lipinski definition) is 1. The number of anilines is 1. The summed E-state index contributed by atoms with van der Waals surface area (Å²) in [5.41, 5.74) is 7.77. The largest absolute Gasteiger partial charge is 0.330 e. The Hall–Kier alpha value is -2.14. The molecule has 20 heavy (non-hydrogen) atoms. The van der Waals surface area contributed by atoms with Crippen molar-refractivity contribution in [1.29, 1.82) is 0 Å². The van der Waals surface area contributed by atoms with Crippen LogP contribution in [-0.2, 0) is 11.3 Å². The van der Waals surface area contributed by atoms with Gasteiger partial charge in [0.1, 0.15) is 0 Å². The average Bonchev–Trinajstić information content (AvgIpc) is 3.09. The van der Waals surface area contributed by atoms with Gasteiger partial charge in [-0.15, -0.1) is 0 Å². The standard InChI is InChI=1S/C15H18N4O/c16-9-13-8-15(20)19(11-13)14-4-2-12(3-5-14)10-18-7-1-6-17-18/h1-7,13H,8-11,16H2. The number of nitrogens with zero attached hydrogens (tertiary/aromatic N) is 3. The van der Waals surface area contributed by atoms with Crippen molar-refractivity contribution in [3.05, 3.63) is 48.3 Å². The molecule has 1 aromatic carbocycles. The summed E-state index contributed by atoms with van der Waals surface area (Å²) >= 11 is 0. The van der Waals surface area contributed by atoms with Gasteiger partial charge in [-0.3, -0.25) is 9.48 Å². The van der Waals surface area contributed by atoms with Crippen molar-refractivity contribution < 1.29 is 4.79 Å². The quantitative estimate of drug-likeness (QED) is 0.909. The molecule has 1 unspecified atom stereocenters. The lowest BCUT2D eigenvalue weighted by Gasteiger charge is -2.17. The monoisotopic (exact) mass is 270 g/mol. The molecule has 1 amide bonds. The molecule has 0 spiro atoms. The first kappa shape index (κ1) is 12.9. The van der Waals surface area contributed by atoms with Gasteiger partial charge in [-0.05, 0) is 36.2 Å². The molecule has 2 heterocycles. The van der Waals surface area contributed by atoms with Crippen LogP contribution in [0.25, 0.3) is 0 Å². The van der Waals surface area contributed by atoms with E-state index in [9.17, 15) is 4.79 Å². The molecule has 0 saturated carbocycles. The molecule has 1 atom stereocenters. The Labute approximate surface area is 118 Å². The van der Waals surface area contributed by atoms with Gasteiger partial charge in [0.05, 0.1) is 6.54 Å². The maximum atomic E-state index is 11.9. The highest BCUT2D eigenvalue weighted by Gasteiger charge is 2.29. The van der Waals surface area contributed by atoms with Crippen LogP contribution in [0.15, 0.2) is 42.7 Å². The maximum Gasteiger partial charge on any atom is 0.227 e. The zero-order valence-electron chi connectivity index (χ0n) is 11.3. The first-order valence-corrected chi connectivity index (χ1v) is 6.83. The first-order chi connectivity index (χ1) is 9.76. The van der Waals surface area contributed by atoms with Gasteiger partial charge in [0.25, 0.3) is 0 Å². The zero-order valence-corrected chi connectivity index (χ0v) is 11.3. The van der Waals surface area contributed by atoms with Crippen LogP contribution in [0.2, 0.25) is 0 Å². The molecule has 1 saturated heterocycles. The first-order valence-electron chi connectivity index (χ1n) is 6.83. The summed E-state index contributed by atoms with van der Waals surface area (Å²) in [6.07, 6.45) is 4.26. The fourth-order valence-corrected chi connectivity index (χ4v) is 2.55. The predicted molar refractivity (Wildman–Crippen MR) is 77.3 cm³/mol. The molecule has 0 radical (unpaired) electrons. The van der Waals surface area contributed by atoms with Crippen LogP contribution in [0.1, 0.15) is 12.0 Å². The van der Waals surface area contributed by atoms with Crippen molar-refractivity contribution in [2.24, 2.45) is 11.7 Å². The van der Waals surface area contributed by atoms with E-state index in [-0.39, 0.29) is 11.8 Å². The van der Waals surface area contributed by atoms with Gasteiger partial charge in [-0.2, -0.15) is 5.10 Å². The highest BCUT2D eigenvalue weighted by molar-refractivity contribution is 5.95. The number of carbonyl (C=O) groups is 1. The molecule has 2 N–H and O–H groups in total. The van der Waals surface area contributed by atoms with Crippen molar-refractivity contribution in [2.75, 3.05) is 18.0 Å². The summed E-state index contributed by atoms with van der Waals surface area (Å²) in [5, 5.41) is 4.18. The third kappa shape index (κ3) is 2.58. The van der Waals surface area contributed by atoms with Crippen LogP contribution in [0.5, 0.6) is 0 Å². The van der Waals surface area contributed by atoms with Crippen LogP contribution < -0.4 is 10.6 Å². The molecular formula is C15H18N4O. The van der Waals surface area contributed by atoms with Gasteiger partial charge >= 0.3 is 0 Å². The Balaban J connectivity index is 1.71. The fourth-order valence-electron chi connectivity index (χ4n) is 2.55. The lowest BCUT2D eigenvalue weighted by Crippen LogP contribution is -2.25. The Morgan fingerprint density at radius 3 is 2.70 bits per heavy atom. The van der Waals surface area contributed by atoms with E-state index in [0.717, 1.165) is 18.8 Å². The van der Waals surface area contributed by atoms with Gasteiger partial charge in [-0.25, -0.2) is 0 Å². The Kier molecular flexibility index (Phi) is 3.52. The van der Waals surface area contributed by atoms with E-state index in [4.69, 9.17) is 5.73 Å². The number of amides is 1. The second-order valence-corrected chi connectivity index (χ2v) is 5.18. The van der Waals surface area contributed by atoms with Crippen molar-refractivity contribution >= 4 is 11.6 Å². The summed E-state index contributed by atoms with van der Waals surface area (Å²) < 4.78 is 1.88. The second-order valence-electron chi connectivity index (χ2n) is 5.18. The van der Waals surface area contributed by atoms with Crippen LogP contribution in [0.4, 0.5) is 5.69 Å². The third-order valence-electron chi connectivity index (χ3n) is 3.69. The fraction of sp³-hybridized carbons (Fsp3) is 0.333. The summed E-state index contributed by atoms with van der Waals surface area (Å²) in [6, 6.07) is 9.98. The second kappa shape index (κ2) is 5.46. The van der Waals surface area contributed by atoms with E-state index in [2.05, 4.69) is 5.10 Å². The zero-order chi connectivity index (χ0) is 13.9. The van der Waals surface area contributed by atoms with Gasteiger partial charge in [0.15, 0.2) is 0 Å². The van der Waals surface area contributed by atoms with Crippen LogP contribution >= 0.6 is 0 Å². The van der Waals surface area contributed by atoms with Crippen molar-refractivity contribution in [3.8, 4) is 0 Å². The minimum Gasteiger partial charge on any atom is -0.330 e. The Morgan fingerprint density at radius 1 is 1.30 bits per heavy atom. The Morgan fingerprint density at radius 2 is 2.10 bits per heavy atom. The molecule has 5 heteroatoms. The number of rotatable bonds is 4. The lowest BCUT2D eigenvalue weighted by atomic mass is 10.1. The maximum absolute atomic E-state index is 11.9. The molecule has 0 bridgehead atoms. The molecule has 3 rings (SSSR count). The molecule has 2 aromatic rings. The number of aromatic nitrogens is 2.